The molecule has 0 aliphatic rings. The quantitative estimate of drug-likeness (QED) is 0.881. The monoisotopic (exact) mass is 266 g/mol. The first-order valence-corrected chi connectivity index (χ1v) is 5.60. The molecule has 0 radical (unpaired) electrons. The van der Waals surface area contributed by atoms with Crippen LogP contribution in [0.3, 0.4) is 0 Å². The number of nitrogens with two attached hydrogens (primary N) is 1. The van der Waals surface area contributed by atoms with Gasteiger partial charge in [0, 0.05) is 10.6 Å². The Kier molecular flexibility index (Phi) is 3.59. The molecule has 0 bridgehead atoms. The van der Waals surface area contributed by atoms with Crippen molar-refractivity contribution in [3.63, 3.8) is 0 Å². The van der Waals surface area contributed by atoms with Crippen LogP contribution in [0.15, 0.2) is 28.7 Å². The fourth-order valence-corrected chi connectivity index (χ4v) is 1.33. The second kappa shape index (κ2) is 5.16. The molecule has 1 aromatic carbocycles. The number of carbonyl (C=O) groups excluding carboxylic acids is 1. The van der Waals surface area contributed by atoms with Gasteiger partial charge in [0.15, 0.2) is 0 Å². The normalized spacial score (nSPS) is 12.2. The summed E-state index contributed by atoms with van der Waals surface area (Å²) >= 11 is 5.77. The number of carbonyl (C=O) groups is 1. The molecule has 0 saturated carbocycles. The number of hydrogen-bond donors (Lipinski definition) is 2. The van der Waals surface area contributed by atoms with Gasteiger partial charge >= 0.3 is 6.01 Å². The van der Waals surface area contributed by atoms with Crippen molar-refractivity contribution in [3.8, 4) is 11.5 Å². The van der Waals surface area contributed by atoms with Crippen molar-refractivity contribution in [3.05, 3.63) is 29.3 Å². The molecule has 1 atom stereocenters. The van der Waals surface area contributed by atoms with E-state index in [1.807, 2.05) is 0 Å². The molecule has 7 heteroatoms. The molecule has 0 aliphatic heterocycles. The predicted molar refractivity (Wildman–Crippen MR) is 67.0 cm³/mol. The molecule has 94 valence electrons. The van der Waals surface area contributed by atoms with Crippen LogP contribution < -0.4 is 11.1 Å². The highest BCUT2D eigenvalue weighted by molar-refractivity contribution is 6.30. The van der Waals surface area contributed by atoms with E-state index < -0.39 is 6.04 Å². The molecule has 0 saturated heterocycles. The molecule has 1 amide bonds. The highest BCUT2D eigenvalue weighted by Gasteiger charge is 2.13. The van der Waals surface area contributed by atoms with E-state index in [0.717, 1.165) is 0 Å². The lowest BCUT2D eigenvalue weighted by Gasteiger charge is -2.02. The summed E-state index contributed by atoms with van der Waals surface area (Å²) < 4.78 is 5.28. The van der Waals surface area contributed by atoms with Crippen molar-refractivity contribution >= 4 is 23.5 Å². The molecule has 0 spiro atoms. The van der Waals surface area contributed by atoms with Gasteiger partial charge in [0.25, 0.3) is 0 Å². The van der Waals surface area contributed by atoms with Crippen molar-refractivity contribution < 1.29 is 9.21 Å². The second-order valence-electron chi connectivity index (χ2n) is 3.70. The molecular formula is C11H11ClN4O2. The van der Waals surface area contributed by atoms with Crippen LogP contribution in [0.2, 0.25) is 5.02 Å². The standard InChI is InChI=1S/C11H11ClN4O2/c1-6(13)9(17)14-11-16-15-10(18-11)7-2-4-8(12)5-3-7/h2-6H,13H2,1H3,(H,14,16,17). The smallest absolute Gasteiger partial charge is 0.322 e. The van der Waals surface area contributed by atoms with Gasteiger partial charge in [-0.1, -0.05) is 16.7 Å². The molecule has 2 rings (SSSR count). The summed E-state index contributed by atoms with van der Waals surface area (Å²) in [6.07, 6.45) is 0. The Morgan fingerprint density at radius 3 is 2.67 bits per heavy atom. The van der Waals surface area contributed by atoms with Crippen LogP contribution in [-0.2, 0) is 4.79 Å². The first-order valence-electron chi connectivity index (χ1n) is 5.22. The van der Waals surface area contributed by atoms with E-state index in [4.69, 9.17) is 21.8 Å². The third-order valence-electron chi connectivity index (χ3n) is 2.16. The maximum Gasteiger partial charge on any atom is 0.322 e. The third-order valence-corrected chi connectivity index (χ3v) is 2.41. The fourth-order valence-electron chi connectivity index (χ4n) is 1.20. The van der Waals surface area contributed by atoms with E-state index in [-0.39, 0.29) is 11.9 Å². The van der Waals surface area contributed by atoms with Crippen molar-refractivity contribution in [2.45, 2.75) is 13.0 Å². The second-order valence-corrected chi connectivity index (χ2v) is 4.13. The van der Waals surface area contributed by atoms with Crippen LogP contribution in [0.5, 0.6) is 0 Å². The Balaban J connectivity index is 2.15. The van der Waals surface area contributed by atoms with E-state index in [0.29, 0.717) is 16.5 Å². The number of halogens is 1. The van der Waals surface area contributed by atoms with Crippen molar-refractivity contribution in [1.29, 1.82) is 0 Å². The Morgan fingerprint density at radius 2 is 2.06 bits per heavy atom. The lowest BCUT2D eigenvalue weighted by molar-refractivity contribution is -0.117. The zero-order valence-electron chi connectivity index (χ0n) is 9.55. The average molecular weight is 267 g/mol. The van der Waals surface area contributed by atoms with Crippen molar-refractivity contribution in [2.24, 2.45) is 5.73 Å². The lowest BCUT2D eigenvalue weighted by Crippen LogP contribution is -2.32. The first-order chi connectivity index (χ1) is 8.56. The highest BCUT2D eigenvalue weighted by atomic mass is 35.5. The molecule has 3 N–H and O–H groups in total. The minimum Gasteiger partial charge on any atom is -0.403 e. The Hall–Kier alpha value is -1.92. The largest absolute Gasteiger partial charge is 0.403 e. The van der Waals surface area contributed by atoms with Gasteiger partial charge < -0.3 is 10.2 Å². The first kappa shape index (κ1) is 12.5. The van der Waals surface area contributed by atoms with E-state index in [2.05, 4.69) is 15.5 Å². The van der Waals surface area contributed by atoms with Gasteiger partial charge in [0.1, 0.15) is 0 Å². The van der Waals surface area contributed by atoms with Crippen LogP contribution in [0.1, 0.15) is 6.92 Å². The molecular weight excluding hydrogens is 256 g/mol. The van der Waals surface area contributed by atoms with Gasteiger partial charge in [-0.2, -0.15) is 0 Å². The number of aromatic nitrogens is 2. The SMILES string of the molecule is CC(N)C(=O)Nc1nnc(-c2ccc(Cl)cc2)o1. The molecule has 1 aromatic heterocycles. The minimum atomic E-state index is -0.643. The maximum absolute atomic E-state index is 11.3. The number of benzene rings is 1. The van der Waals surface area contributed by atoms with Gasteiger partial charge in [0.05, 0.1) is 6.04 Å². The van der Waals surface area contributed by atoms with Crippen LogP contribution in [0.4, 0.5) is 6.01 Å². The van der Waals surface area contributed by atoms with Gasteiger partial charge in [-0.05, 0) is 31.2 Å². The number of amides is 1. The van der Waals surface area contributed by atoms with Crippen molar-refractivity contribution in [1.82, 2.24) is 10.2 Å². The molecule has 2 aromatic rings. The number of nitrogens with one attached hydrogen (secondary N) is 1. The summed E-state index contributed by atoms with van der Waals surface area (Å²) in [7, 11) is 0. The van der Waals surface area contributed by atoms with Gasteiger partial charge in [-0.15, -0.1) is 5.10 Å². The summed E-state index contributed by atoms with van der Waals surface area (Å²) in [5.74, 6) is -0.0899. The van der Waals surface area contributed by atoms with Crippen LogP contribution >= 0.6 is 11.6 Å². The summed E-state index contributed by atoms with van der Waals surface area (Å²) in [4.78, 5) is 11.3. The molecule has 1 unspecified atom stereocenters. The predicted octanol–water partition coefficient (Wildman–Crippen LogP) is 1.68. The highest BCUT2D eigenvalue weighted by Crippen LogP contribution is 2.21. The number of rotatable bonds is 3. The summed E-state index contributed by atoms with van der Waals surface area (Å²) in [5, 5.41) is 10.5. The topological polar surface area (TPSA) is 94.0 Å². The Morgan fingerprint density at radius 1 is 1.39 bits per heavy atom. The van der Waals surface area contributed by atoms with Crippen LogP contribution in [0.25, 0.3) is 11.5 Å². The average Bonchev–Trinajstić information content (AvgIpc) is 2.78. The molecule has 0 fully saturated rings. The van der Waals surface area contributed by atoms with Gasteiger partial charge in [0.2, 0.25) is 11.8 Å². The van der Waals surface area contributed by atoms with E-state index >= 15 is 0 Å². The number of anilines is 1. The summed E-state index contributed by atoms with van der Waals surface area (Å²) in [6.45, 7) is 1.56. The van der Waals surface area contributed by atoms with Gasteiger partial charge in [-0.3, -0.25) is 10.1 Å². The molecule has 18 heavy (non-hydrogen) atoms. The minimum absolute atomic E-state index is 0.0160. The zero-order valence-corrected chi connectivity index (χ0v) is 10.3. The zero-order chi connectivity index (χ0) is 13.1. The Bertz CT molecular complexity index is 550. The van der Waals surface area contributed by atoms with Crippen molar-refractivity contribution in [2.75, 3.05) is 5.32 Å². The third kappa shape index (κ3) is 2.85. The molecule has 1 heterocycles. The van der Waals surface area contributed by atoms with E-state index in [1.165, 1.54) is 0 Å². The maximum atomic E-state index is 11.3. The van der Waals surface area contributed by atoms with Crippen LogP contribution in [0, 0.1) is 0 Å². The lowest BCUT2D eigenvalue weighted by atomic mass is 10.2. The summed E-state index contributed by atoms with van der Waals surface area (Å²) in [5.41, 5.74) is 6.12. The molecule has 0 aliphatic carbocycles. The number of hydrogen-bond acceptors (Lipinski definition) is 5. The molecule has 6 nitrogen and oxygen atoms in total. The fraction of sp³-hybridized carbons (Fsp3) is 0.182. The van der Waals surface area contributed by atoms with Crippen LogP contribution in [-0.4, -0.2) is 22.1 Å². The Labute approximate surface area is 108 Å². The summed E-state index contributed by atoms with van der Waals surface area (Å²) in [6, 6.07) is 6.28. The number of nitrogens with zero attached hydrogens (tertiary/aromatic N) is 2. The van der Waals surface area contributed by atoms with Gasteiger partial charge in [-0.25, -0.2) is 0 Å². The van der Waals surface area contributed by atoms with E-state index in [1.54, 1.807) is 31.2 Å². The van der Waals surface area contributed by atoms with E-state index in [9.17, 15) is 4.79 Å².